The van der Waals surface area contributed by atoms with E-state index >= 15 is 0 Å². The van der Waals surface area contributed by atoms with Crippen LogP contribution in [-0.2, 0) is 9.53 Å². The van der Waals surface area contributed by atoms with E-state index in [0.29, 0.717) is 6.61 Å². The molecule has 1 aliphatic rings. The first-order valence-electron chi connectivity index (χ1n) is 8.91. The number of carbonyl (C=O) groups is 1. The number of aromatic nitrogens is 2. The minimum absolute atomic E-state index is 0.215. The van der Waals surface area contributed by atoms with Gasteiger partial charge in [-0.05, 0) is 38.1 Å². The summed E-state index contributed by atoms with van der Waals surface area (Å²) in [5.74, 6) is 0.653. The molecule has 1 aromatic heterocycles. The van der Waals surface area contributed by atoms with Gasteiger partial charge in [-0.3, -0.25) is 4.79 Å². The van der Waals surface area contributed by atoms with Crippen LogP contribution in [0.3, 0.4) is 0 Å². The number of esters is 1. The number of carbonyl (C=O) groups excluding carboxylic acids is 1. The normalized spacial score (nSPS) is 15.5. The molecule has 0 unspecified atom stereocenters. The standard InChI is InChI=1S/C18H24N4O3S2/c1-4-25-16(23)13(2)26-18-20-19-17(27-18)22-11-9-21(10-12-22)14-5-7-15(24-3)8-6-14/h5-8,13H,4,9-12H2,1-3H3/t13-/m1/s1. The van der Waals surface area contributed by atoms with Crippen molar-refractivity contribution in [3.8, 4) is 5.75 Å². The number of anilines is 2. The summed E-state index contributed by atoms with van der Waals surface area (Å²) in [4.78, 5) is 16.4. The molecule has 2 aromatic rings. The van der Waals surface area contributed by atoms with Crippen molar-refractivity contribution in [1.82, 2.24) is 10.2 Å². The van der Waals surface area contributed by atoms with E-state index in [9.17, 15) is 4.79 Å². The van der Waals surface area contributed by atoms with Gasteiger partial charge in [-0.2, -0.15) is 0 Å². The van der Waals surface area contributed by atoms with E-state index in [1.807, 2.05) is 26.0 Å². The van der Waals surface area contributed by atoms with Gasteiger partial charge in [0.05, 0.1) is 13.7 Å². The molecule has 0 N–H and O–H groups in total. The molecule has 27 heavy (non-hydrogen) atoms. The van der Waals surface area contributed by atoms with Crippen molar-refractivity contribution < 1.29 is 14.3 Å². The van der Waals surface area contributed by atoms with E-state index in [0.717, 1.165) is 41.4 Å². The highest BCUT2D eigenvalue weighted by Crippen LogP contribution is 2.32. The molecule has 1 atom stereocenters. The molecule has 146 valence electrons. The Morgan fingerprint density at radius 2 is 1.85 bits per heavy atom. The summed E-state index contributed by atoms with van der Waals surface area (Å²) in [5.41, 5.74) is 1.20. The van der Waals surface area contributed by atoms with Crippen molar-refractivity contribution in [3.05, 3.63) is 24.3 Å². The maximum absolute atomic E-state index is 11.8. The van der Waals surface area contributed by atoms with Gasteiger partial charge in [-0.1, -0.05) is 23.1 Å². The van der Waals surface area contributed by atoms with Crippen LogP contribution in [0.15, 0.2) is 28.6 Å². The predicted molar refractivity (Wildman–Crippen MR) is 109 cm³/mol. The third kappa shape index (κ3) is 5.04. The summed E-state index contributed by atoms with van der Waals surface area (Å²) in [6.07, 6.45) is 0. The van der Waals surface area contributed by atoms with E-state index in [1.54, 1.807) is 7.11 Å². The lowest BCUT2D eigenvalue weighted by Crippen LogP contribution is -2.46. The van der Waals surface area contributed by atoms with Gasteiger partial charge >= 0.3 is 5.97 Å². The molecule has 0 saturated carbocycles. The topological polar surface area (TPSA) is 67.8 Å². The minimum Gasteiger partial charge on any atom is -0.497 e. The van der Waals surface area contributed by atoms with Crippen molar-refractivity contribution in [2.75, 3.05) is 49.7 Å². The summed E-state index contributed by atoms with van der Waals surface area (Å²) in [6.45, 7) is 7.66. The van der Waals surface area contributed by atoms with Gasteiger partial charge in [-0.25, -0.2) is 0 Å². The summed E-state index contributed by atoms with van der Waals surface area (Å²) < 4.78 is 11.1. The highest BCUT2D eigenvalue weighted by atomic mass is 32.2. The molecule has 0 aliphatic carbocycles. The Labute approximate surface area is 167 Å². The Kier molecular flexibility index (Phi) is 6.78. The average molecular weight is 409 g/mol. The van der Waals surface area contributed by atoms with Crippen molar-refractivity contribution in [2.24, 2.45) is 0 Å². The van der Waals surface area contributed by atoms with Gasteiger partial charge < -0.3 is 19.3 Å². The van der Waals surface area contributed by atoms with E-state index in [1.165, 1.54) is 28.8 Å². The zero-order valence-corrected chi connectivity index (χ0v) is 17.4. The molecule has 1 saturated heterocycles. The van der Waals surface area contributed by atoms with Gasteiger partial charge in [0.2, 0.25) is 5.13 Å². The summed E-state index contributed by atoms with van der Waals surface area (Å²) in [7, 11) is 1.68. The van der Waals surface area contributed by atoms with Crippen molar-refractivity contribution >= 4 is 39.9 Å². The first kappa shape index (κ1) is 19.8. The summed E-state index contributed by atoms with van der Waals surface area (Å²) in [6, 6.07) is 8.15. The third-order valence-electron chi connectivity index (χ3n) is 4.28. The number of rotatable bonds is 7. The smallest absolute Gasteiger partial charge is 0.319 e. The number of ether oxygens (including phenoxy) is 2. The third-order valence-corrected chi connectivity index (χ3v) is 6.43. The molecule has 1 aliphatic heterocycles. The van der Waals surface area contributed by atoms with Crippen molar-refractivity contribution in [1.29, 1.82) is 0 Å². The zero-order valence-electron chi connectivity index (χ0n) is 15.8. The fourth-order valence-corrected chi connectivity index (χ4v) is 4.82. The lowest BCUT2D eigenvalue weighted by Gasteiger charge is -2.35. The first-order valence-corrected chi connectivity index (χ1v) is 10.6. The monoisotopic (exact) mass is 408 g/mol. The summed E-state index contributed by atoms with van der Waals surface area (Å²) in [5, 5.41) is 9.16. The Balaban J connectivity index is 1.53. The summed E-state index contributed by atoms with van der Waals surface area (Å²) >= 11 is 2.93. The van der Waals surface area contributed by atoms with Crippen LogP contribution < -0.4 is 14.5 Å². The largest absolute Gasteiger partial charge is 0.497 e. The molecule has 0 bridgehead atoms. The second-order valence-corrected chi connectivity index (χ2v) is 8.58. The van der Waals surface area contributed by atoms with Gasteiger partial charge in [0, 0.05) is 31.9 Å². The maximum Gasteiger partial charge on any atom is 0.319 e. The van der Waals surface area contributed by atoms with E-state index in [4.69, 9.17) is 9.47 Å². The number of hydrogen-bond acceptors (Lipinski definition) is 9. The van der Waals surface area contributed by atoms with E-state index < -0.39 is 0 Å². The Hall–Kier alpha value is -2.00. The molecule has 1 fully saturated rings. The van der Waals surface area contributed by atoms with Gasteiger partial charge in [-0.15, -0.1) is 10.2 Å². The molecule has 2 heterocycles. The van der Waals surface area contributed by atoms with E-state index in [2.05, 4.69) is 32.1 Å². The van der Waals surface area contributed by atoms with Gasteiger partial charge in [0.1, 0.15) is 11.0 Å². The quantitative estimate of drug-likeness (QED) is 0.512. The second kappa shape index (κ2) is 9.27. The number of methoxy groups -OCH3 is 1. The molecular weight excluding hydrogens is 384 g/mol. The van der Waals surface area contributed by atoms with Crippen LogP contribution in [0.25, 0.3) is 0 Å². The minimum atomic E-state index is -0.280. The predicted octanol–water partition coefficient (Wildman–Crippen LogP) is 2.92. The molecule has 0 amide bonds. The molecule has 1 aromatic carbocycles. The Bertz CT molecular complexity index is 745. The van der Waals surface area contributed by atoms with Crippen LogP contribution in [-0.4, -0.2) is 61.3 Å². The first-order chi connectivity index (χ1) is 13.1. The number of thioether (sulfide) groups is 1. The molecule has 0 radical (unpaired) electrons. The van der Waals surface area contributed by atoms with Crippen LogP contribution in [0.4, 0.5) is 10.8 Å². The molecule has 9 heteroatoms. The Morgan fingerprint density at radius 3 is 2.48 bits per heavy atom. The maximum atomic E-state index is 11.8. The Morgan fingerprint density at radius 1 is 1.19 bits per heavy atom. The van der Waals surface area contributed by atoms with Gasteiger partial charge in [0.25, 0.3) is 0 Å². The number of piperazine rings is 1. The lowest BCUT2D eigenvalue weighted by atomic mass is 10.2. The van der Waals surface area contributed by atoms with Crippen LogP contribution in [0.1, 0.15) is 13.8 Å². The number of hydrogen-bond donors (Lipinski definition) is 0. The molecule has 7 nitrogen and oxygen atoms in total. The van der Waals surface area contributed by atoms with Crippen molar-refractivity contribution in [2.45, 2.75) is 23.4 Å². The molecular formula is C18H24N4O3S2. The van der Waals surface area contributed by atoms with E-state index in [-0.39, 0.29) is 11.2 Å². The second-order valence-electron chi connectivity index (χ2n) is 6.03. The molecule has 0 spiro atoms. The van der Waals surface area contributed by atoms with Crippen LogP contribution >= 0.6 is 23.1 Å². The highest BCUT2D eigenvalue weighted by Gasteiger charge is 2.22. The van der Waals surface area contributed by atoms with Gasteiger partial charge in [0.15, 0.2) is 4.34 Å². The van der Waals surface area contributed by atoms with Crippen LogP contribution in [0.5, 0.6) is 5.75 Å². The fraction of sp³-hybridized carbons (Fsp3) is 0.500. The SMILES string of the molecule is CCOC(=O)[C@@H](C)Sc1nnc(N2CCN(c3ccc(OC)cc3)CC2)s1. The lowest BCUT2D eigenvalue weighted by molar-refractivity contribution is -0.142. The average Bonchev–Trinajstić information content (AvgIpc) is 3.17. The van der Waals surface area contributed by atoms with Crippen LogP contribution in [0, 0.1) is 0 Å². The van der Waals surface area contributed by atoms with Crippen molar-refractivity contribution in [3.63, 3.8) is 0 Å². The zero-order chi connectivity index (χ0) is 19.2. The molecule has 3 rings (SSSR count). The van der Waals surface area contributed by atoms with Crippen LogP contribution in [0.2, 0.25) is 0 Å². The number of benzene rings is 1. The fourth-order valence-electron chi connectivity index (χ4n) is 2.79. The highest BCUT2D eigenvalue weighted by molar-refractivity contribution is 8.02. The number of nitrogens with zero attached hydrogens (tertiary/aromatic N) is 4.